The van der Waals surface area contributed by atoms with Gasteiger partial charge in [-0.05, 0) is 33.6 Å². The predicted octanol–water partition coefficient (Wildman–Crippen LogP) is 1.59. The van der Waals surface area contributed by atoms with E-state index in [9.17, 15) is 38.2 Å². The van der Waals surface area contributed by atoms with Gasteiger partial charge in [-0.25, -0.2) is 28.5 Å². The van der Waals surface area contributed by atoms with Crippen molar-refractivity contribution < 1.29 is 75.3 Å². The molecule has 8 N–H and O–H groups in total. The van der Waals surface area contributed by atoms with Crippen molar-refractivity contribution in [1.29, 1.82) is 0 Å². The molecule has 1 fully saturated rings. The topological polar surface area (TPSA) is 311 Å². The third-order valence-electron chi connectivity index (χ3n) is 5.93. The van der Waals surface area contributed by atoms with E-state index in [0.29, 0.717) is 35.9 Å². The summed E-state index contributed by atoms with van der Waals surface area (Å²) in [5, 5.41) is 13.2. The molecule has 0 aromatic carbocycles. The fourth-order valence-corrected chi connectivity index (χ4v) is 7.13. The number of carbonyl (C=O) groups excluding carboxylic acids is 2. The Morgan fingerprint density at radius 2 is 1.83 bits per heavy atom. The highest BCUT2D eigenvalue weighted by Crippen LogP contribution is 2.66. The van der Waals surface area contributed by atoms with E-state index in [-0.39, 0.29) is 25.4 Å². The third-order valence-corrected chi connectivity index (χ3v) is 9.73. The highest BCUT2D eigenvalue weighted by atomic mass is 31.3. The number of unbranched alkanes of at least 4 members (excludes halogenated alkanes) is 2. The largest absolute Gasteiger partial charge is 0.490 e. The van der Waals surface area contributed by atoms with Crippen LogP contribution in [-0.4, -0.2) is 88.8 Å². The first-order valence-electron chi connectivity index (χ1n) is 14.0. The molecule has 0 aliphatic carbocycles. The zero-order valence-electron chi connectivity index (χ0n) is 25.8. The molecule has 2 aromatic rings. The summed E-state index contributed by atoms with van der Waals surface area (Å²) in [5.41, 5.74) is 6.11. The molecule has 5 atom stereocenters. The number of nitrogens with one attached hydrogen (secondary N) is 1. The molecular weight excluding hydrogens is 707 g/mol. The zero-order chi connectivity index (χ0) is 35.9. The van der Waals surface area contributed by atoms with Crippen molar-refractivity contribution in [2.75, 3.05) is 25.5 Å². The lowest BCUT2D eigenvalue weighted by atomic mass is 10.2. The molecule has 48 heavy (non-hydrogen) atoms. The van der Waals surface area contributed by atoms with Gasteiger partial charge in [0.2, 0.25) is 0 Å². The molecule has 3 rings (SSSR count). The molecule has 1 aliphatic rings. The van der Waals surface area contributed by atoms with Gasteiger partial charge in [-0.15, -0.1) is 0 Å². The minimum Gasteiger partial charge on any atom is -0.464 e. The summed E-state index contributed by atoms with van der Waals surface area (Å²) >= 11 is 0. The Labute approximate surface area is 273 Å². The van der Waals surface area contributed by atoms with Crippen molar-refractivity contribution in [3.63, 3.8) is 0 Å². The summed E-state index contributed by atoms with van der Waals surface area (Å²) in [6.45, 7) is 4.01. The van der Waals surface area contributed by atoms with E-state index in [0.717, 1.165) is 0 Å². The number of phosphoric acid groups is 3. The number of aliphatic hydroxyl groups is 1. The Morgan fingerprint density at radius 1 is 1.12 bits per heavy atom. The second-order valence-corrected chi connectivity index (χ2v) is 15.5. The molecule has 1 aliphatic heterocycles. The maximum Gasteiger partial charge on any atom is 0.490 e. The van der Waals surface area contributed by atoms with Gasteiger partial charge in [0.05, 0.1) is 30.3 Å². The number of phosphoric ester groups is 1. The first-order valence-corrected chi connectivity index (χ1v) is 18.5. The lowest BCUT2D eigenvalue weighted by Gasteiger charge is -2.19. The Hall–Kier alpha value is -2.95. The van der Waals surface area contributed by atoms with Gasteiger partial charge in [0.1, 0.15) is 42.3 Å². The van der Waals surface area contributed by atoms with Gasteiger partial charge in [-0.3, -0.25) is 9.32 Å². The predicted molar refractivity (Wildman–Crippen MR) is 162 cm³/mol. The first-order chi connectivity index (χ1) is 22.1. The van der Waals surface area contributed by atoms with Gasteiger partial charge >= 0.3 is 35.5 Å². The van der Waals surface area contributed by atoms with Gasteiger partial charge < -0.3 is 54.5 Å². The van der Waals surface area contributed by atoms with Crippen molar-refractivity contribution in [2.24, 2.45) is 0 Å². The summed E-state index contributed by atoms with van der Waals surface area (Å²) in [7, 11) is -16.7. The average Bonchev–Trinajstić information content (AvgIpc) is 3.48. The minimum atomic E-state index is -5.72. The number of ether oxygens (including phenoxy) is 3. The Kier molecular flexibility index (Phi) is 13.3. The molecule has 0 spiro atoms. The minimum absolute atomic E-state index is 0.0724. The van der Waals surface area contributed by atoms with Crippen molar-refractivity contribution >= 4 is 52.4 Å². The molecule has 0 bridgehead atoms. The van der Waals surface area contributed by atoms with Crippen LogP contribution >= 0.6 is 23.5 Å². The fraction of sp³-hybridized carbons (Fsp3) is 0.583. The van der Waals surface area contributed by atoms with Crippen LogP contribution in [0.25, 0.3) is 11.0 Å². The SMILES string of the molecule is CC(C)(C)OC(=O)NCC(=O)OCCCCC#Cc1cn([C@H]2C[C@@H](O)[C@@H](COP(=O)(O)OP(=O)(O)OP(=O)(O)O)O2)c2ncnc(N)c12. The zero-order valence-corrected chi connectivity index (χ0v) is 28.5. The van der Waals surface area contributed by atoms with Gasteiger partial charge in [0.25, 0.3) is 0 Å². The molecule has 21 nitrogen and oxygen atoms in total. The number of nitrogen functional groups attached to an aromatic ring is 1. The molecule has 0 radical (unpaired) electrons. The van der Waals surface area contributed by atoms with Crippen LogP contribution in [0.15, 0.2) is 12.5 Å². The lowest BCUT2D eigenvalue weighted by molar-refractivity contribution is -0.142. The van der Waals surface area contributed by atoms with Crippen LogP contribution in [0, 0.1) is 11.8 Å². The summed E-state index contributed by atoms with van der Waals surface area (Å²) in [5.74, 6) is 5.46. The van der Waals surface area contributed by atoms with Crippen LogP contribution < -0.4 is 11.1 Å². The number of hydrogen-bond acceptors (Lipinski definition) is 15. The van der Waals surface area contributed by atoms with Crippen molar-refractivity contribution in [1.82, 2.24) is 19.9 Å². The Bertz CT molecular complexity index is 1680. The Morgan fingerprint density at radius 3 is 2.50 bits per heavy atom. The highest BCUT2D eigenvalue weighted by Gasteiger charge is 2.43. The second kappa shape index (κ2) is 16.2. The van der Waals surface area contributed by atoms with E-state index >= 15 is 0 Å². The highest BCUT2D eigenvalue weighted by molar-refractivity contribution is 7.66. The normalized spacial score (nSPS) is 20.7. The number of hydrogen-bond donors (Lipinski definition) is 7. The maximum absolute atomic E-state index is 12.1. The smallest absolute Gasteiger partial charge is 0.464 e. The molecule has 268 valence electrons. The first kappa shape index (κ1) is 39.5. The molecule has 0 saturated carbocycles. The van der Waals surface area contributed by atoms with Crippen LogP contribution in [0.5, 0.6) is 0 Å². The number of esters is 1. The van der Waals surface area contributed by atoms with Crippen LogP contribution in [0.4, 0.5) is 10.6 Å². The molecular formula is C24H36N5O16P3. The Balaban J connectivity index is 1.55. The van der Waals surface area contributed by atoms with Crippen LogP contribution in [0.3, 0.4) is 0 Å². The molecule has 3 heterocycles. The summed E-state index contributed by atoms with van der Waals surface area (Å²) in [6, 6.07) is 0. The number of rotatable bonds is 14. The third kappa shape index (κ3) is 12.8. The van der Waals surface area contributed by atoms with Crippen molar-refractivity contribution in [3.8, 4) is 11.8 Å². The van der Waals surface area contributed by atoms with E-state index in [1.165, 1.54) is 10.9 Å². The number of amides is 1. The van der Waals surface area contributed by atoms with Crippen LogP contribution in [0.1, 0.15) is 58.2 Å². The number of fused-ring (bicyclic) bond motifs is 1. The summed E-state index contributed by atoms with van der Waals surface area (Å²) in [4.78, 5) is 67.9. The molecule has 1 saturated heterocycles. The second-order valence-electron chi connectivity index (χ2n) is 11.1. The molecule has 2 unspecified atom stereocenters. The van der Waals surface area contributed by atoms with Gasteiger partial charge in [-0.2, -0.15) is 8.62 Å². The number of anilines is 1. The monoisotopic (exact) mass is 743 g/mol. The van der Waals surface area contributed by atoms with E-state index in [4.69, 9.17) is 29.7 Å². The fourth-order valence-electron chi connectivity index (χ4n) is 4.10. The molecule has 1 amide bonds. The summed E-state index contributed by atoms with van der Waals surface area (Å²) in [6.07, 6.45) is -0.0340. The average molecular weight is 743 g/mol. The standard InChI is InChI=1S/C24H36N5O16P3/c1-24(2,3)43-23(32)26-11-19(31)40-9-7-5-4-6-8-15-12-29(22-20(15)21(25)27-14-28-22)18-10-16(30)17(42-18)13-41-47(36,37)45-48(38,39)44-46(33,34)35/h12,14,16-18,30H,4-5,7,9-11,13H2,1-3H3,(H,26,32)(H,36,37)(H,38,39)(H2,25,27,28)(H2,33,34,35)/t16-,17-,18-/m1/s1. The lowest BCUT2D eigenvalue weighted by Crippen LogP contribution is -2.36. The maximum atomic E-state index is 12.1. The van der Waals surface area contributed by atoms with Crippen molar-refractivity contribution in [2.45, 2.75) is 70.5 Å². The van der Waals surface area contributed by atoms with Crippen molar-refractivity contribution in [3.05, 3.63) is 18.1 Å². The number of alkyl carbamates (subject to hydrolysis) is 1. The molecule has 24 heteroatoms. The number of aliphatic hydroxyl groups excluding tert-OH is 1. The van der Waals surface area contributed by atoms with E-state index in [2.05, 4.69) is 40.3 Å². The van der Waals surface area contributed by atoms with E-state index < -0.39 is 66.2 Å². The number of aromatic nitrogens is 3. The van der Waals surface area contributed by atoms with Gasteiger partial charge in [-0.1, -0.05) is 11.8 Å². The van der Waals surface area contributed by atoms with E-state index in [1.54, 1.807) is 27.0 Å². The number of nitrogens with zero attached hydrogens (tertiary/aromatic N) is 3. The molecule has 2 aromatic heterocycles. The van der Waals surface area contributed by atoms with Crippen LogP contribution in [0.2, 0.25) is 0 Å². The number of nitrogens with two attached hydrogens (primary N) is 1. The quantitative estimate of drug-likeness (QED) is 0.0625. The summed E-state index contributed by atoms with van der Waals surface area (Å²) < 4.78 is 63.7. The number of carbonyl (C=O) groups is 2. The van der Waals surface area contributed by atoms with E-state index in [1.807, 2.05) is 0 Å². The van der Waals surface area contributed by atoms with Gasteiger partial charge in [0, 0.05) is 19.0 Å². The van der Waals surface area contributed by atoms with Gasteiger partial charge in [0.15, 0.2) is 0 Å². The van der Waals surface area contributed by atoms with Crippen LogP contribution in [-0.2, 0) is 45.8 Å².